The first-order valence-corrected chi connectivity index (χ1v) is 12.4. The first kappa shape index (κ1) is 21.4. The van der Waals surface area contributed by atoms with Gasteiger partial charge in [-0.1, -0.05) is 23.7 Å². The highest BCUT2D eigenvalue weighted by Crippen LogP contribution is 2.31. The lowest BCUT2D eigenvalue weighted by Gasteiger charge is -2.22. The molecule has 1 N–H and O–H groups in total. The molecule has 0 fully saturated rings. The summed E-state index contributed by atoms with van der Waals surface area (Å²) in [5.41, 5.74) is 1.35. The van der Waals surface area contributed by atoms with Crippen LogP contribution in [0.15, 0.2) is 71.3 Å². The van der Waals surface area contributed by atoms with Crippen LogP contribution in [0.2, 0.25) is 5.02 Å². The number of anilines is 1. The van der Waals surface area contributed by atoms with Crippen LogP contribution in [0.5, 0.6) is 0 Å². The van der Waals surface area contributed by atoms with Crippen molar-refractivity contribution in [1.82, 2.24) is 5.32 Å². The van der Waals surface area contributed by atoms with E-state index in [0.29, 0.717) is 27.9 Å². The van der Waals surface area contributed by atoms with Crippen LogP contribution in [-0.2, 0) is 23.1 Å². The molecule has 0 aliphatic carbocycles. The van der Waals surface area contributed by atoms with Crippen LogP contribution in [-0.4, -0.2) is 20.6 Å². The summed E-state index contributed by atoms with van der Waals surface area (Å²) in [6.45, 7) is 0.483. The predicted octanol–water partition coefficient (Wildman–Crippen LogP) is 5.04. The molecule has 6 nitrogen and oxygen atoms in total. The summed E-state index contributed by atoms with van der Waals surface area (Å²) in [7, 11) is -3.52. The molecule has 0 bridgehead atoms. The van der Waals surface area contributed by atoms with E-state index in [1.54, 1.807) is 60.9 Å². The normalized spacial score (nSPS) is 11.5. The maximum atomic E-state index is 12.5. The molecule has 0 aliphatic rings. The molecule has 1 amide bonds. The maximum Gasteiger partial charge on any atom is 0.261 e. The summed E-state index contributed by atoms with van der Waals surface area (Å²) in [5.74, 6) is 0.461. The van der Waals surface area contributed by atoms with Crippen molar-refractivity contribution < 1.29 is 17.6 Å². The van der Waals surface area contributed by atoms with E-state index in [0.717, 1.165) is 15.6 Å². The number of carbonyl (C=O) groups is 1. The van der Waals surface area contributed by atoms with Gasteiger partial charge in [0.25, 0.3) is 5.91 Å². The second-order valence-electron chi connectivity index (χ2n) is 6.99. The van der Waals surface area contributed by atoms with Crippen molar-refractivity contribution in [3.63, 3.8) is 0 Å². The lowest BCUT2D eigenvalue weighted by atomic mass is 10.2. The second-order valence-corrected chi connectivity index (χ2v) is 10.4. The minimum atomic E-state index is -3.52. The van der Waals surface area contributed by atoms with Crippen LogP contribution in [0, 0.1) is 0 Å². The molecule has 9 heteroatoms. The van der Waals surface area contributed by atoms with Crippen LogP contribution < -0.4 is 9.62 Å². The fourth-order valence-electron chi connectivity index (χ4n) is 3.12. The van der Waals surface area contributed by atoms with Gasteiger partial charge in [0.1, 0.15) is 5.76 Å². The van der Waals surface area contributed by atoms with Gasteiger partial charge in [-0.3, -0.25) is 9.10 Å². The highest BCUT2D eigenvalue weighted by molar-refractivity contribution is 7.92. The fourth-order valence-corrected chi connectivity index (χ4v) is 5.09. The highest BCUT2D eigenvalue weighted by atomic mass is 35.5. The third kappa shape index (κ3) is 5.10. The Balaban J connectivity index is 1.59. The summed E-state index contributed by atoms with van der Waals surface area (Å²) in [5, 5.41) is 4.21. The molecular weight excluding hydrogens is 456 g/mol. The van der Waals surface area contributed by atoms with Gasteiger partial charge >= 0.3 is 0 Å². The van der Waals surface area contributed by atoms with Crippen molar-refractivity contribution in [2.24, 2.45) is 0 Å². The van der Waals surface area contributed by atoms with E-state index in [1.165, 1.54) is 21.9 Å². The largest absolute Gasteiger partial charge is 0.467 e. The number of halogens is 1. The molecule has 2 aromatic heterocycles. The van der Waals surface area contributed by atoms with Crippen molar-refractivity contribution in [2.75, 3.05) is 10.6 Å². The van der Waals surface area contributed by atoms with Gasteiger partial charge in [-0.2, -0.15) is 0 Å². The average molecular weight is 475 g/mol. The van der Waals surface area contributed by atoms with Gasteiger partial charge in [-0.15, -0.1) is 11.3 Å². The van der Waals surface area contributed by atoms with Gasteiger partial charge in [0.15, 0.2) is 0 Å². The standard InChI is InChI=1S/C22H19ClN2O4S2/c1-31(27,28)25(14-15-4-6-17(23)7-5-15)18-8-9-20-16(11-18)12-21(30-20)22(26)24-13-19-3-2-10-29-19/h2-12H,13-14H2,1H3,(H,24,26). The van der Waals surface area contributed by atoms with Crippen LogP contribution in [0.3, 0.4) is 0 Å². The number of fused-ring (bicyclic) bond motifs is 1. The van der Waals surface area contributed by atoms with Crippen LogP contribution in [0.25, 0.3) is 10.1 Å². The van der Waals surface area contributed by atoms with E-state index in [9.17, 15) is 13.2 Å². The number of hydrogen-bond donors (Lipinski definition) is 1. The molecule has 160 valence electrons. The van der Waals surface area contributed by atoms with E-state index in [-0.39, 0.29) is 12.5 Å². The Morgan fingerprint density at radius 2 is 1.90 bits per heavy atom. The Hall–Kier alpha value is -2.81. The number of nitrogens with zero attached hydrogens (tertiary/aromatic N) is 1. The fraction of sp³-hybridized carbons (Fsp3) is 0.136. The summed E-state index contributed by atoms with van der Waals surface area (Å²) >= 11 is 7.28. The van der Waals surface area contributed by atoms with Crippen molar-refractivity contribution in [3.05, 3.63) is 88.2 Å². The summed E-state index contributed by atoms with van der Waals surface area (Å²) < 4.78 is 32.4. The Bertz CT molecular complexity index is 1310. The summed E-state index contributed by atoms with van der Waals surface area (Å²) in [6, 6.07) is 17.7. The number of hydrogen-bond acceptors (Lipinski definition) is 5. The Morgan fingerprint density at radius 3 is 2.58 bits per heavy atom. The third-order valence-electron chi connectivity index (χ3n) is 4.65. The third-order valence-corrected chi connectivity index (χ3v) is 7.16. The molecule has 0 saturated carbocycles. The molecular formula is C22H19ClN2O4S2. The SMILES string of the molecule is CS(=O)(=O)N(Cc1ccc(Cl)cc1)c1ccc2sc(C(=O)NCc3ccco3)cc2c1. The van der Waals surface area contributed by atoms with E-state index >= 15 is 0 Å². The first-order chi connectivity index (χ1) is 14.8. The molecule has 0 aliphatic heterocycles. The van der Waals surface area contributed by atoms with E-state index in [2.05, 4.69) is 5.32 Å². The number of rotatable bonds is 7. The smallest absolute Gasteiger partial charge is 0.261 e. The summed E-state index contributed by atoms with van der Waals surface area (Å²) in [4.78, 5) is 13.0. The number of nitrogens with one attached hydrogen (secondary N) is 1. The molecule has 4 rings (SSSR count). The van der Waals surface area contributed by atoms with Crippen LogP contribution in [0.4, 0.5) is 5.69 Å². The molecule has 31 heavy (non-hydrogen) atoms. The Morgan fingerprint density at radius 1 is 1.13 bits per heavy atom. The van der Waals surface area contributed by atoms with Crippen LogP contribution >= 0.6 is 22.9 Å². The van der Waals surface area contributed by atoms with E-state index < -0.39 is 10.0 Å². The molecule has 0 radical (unpaired) electrons. The number of benzene rings is 2. The van der Waals surface area contributed by atoms with Crippen molar-refractivity contribution >= 4 is 54.6 Å². The van der Waals surface area contributed by atoms with Crippen molar-refractivity contribution in [3.8, 4) is 0 Å². The number of thiophene rings is 1. The molecule has 0 atom stereocenters. The zero-order chi connectivity index (χ0) is 22.0. The predicted molar refractivity (Wildman–Crippen MR) is 124 cm³/mol. The topological polar surface area (TPSA) is 79.6 Å². The monoisotopic (exact) mass is 474 g/mol. The zero-order valence-corrected chi connectivity index (χ0v) is 18.9. The van der Waals surface area contributed by atoms with Gasteiger partial charge in [0, 0.05) is 9.72 Å². The Kier molecular flexibility index (Phi) is 6.04. The minimum absolute atomic E-state index is 0.183. The molecule has 2 heterocycles. The molecule has 0 spiro atoms. The zero-order valence-electron chi connectivity index (χ0n) is 16.5. The molecule has 0 saturated heterocycles. The number of furan rings is 1. The van der Waals surface area contributed by atoms with Crippen molar-refractivity contribution in [1.29, 1.82) is 0 Å². The highest BCUT2D eigenvalue weighted by Gasteiger charge is 2.19. The lowest BCUT2D eigenvalue weighted by Crippen LogP contribution is -2.29. The first-order valence-electron chi connectivity index (χ1n) is 9.36. The summed E-state index contributed by atoms with van der Waals surface area (Å²) in [6.07, 6.45) is 2.73. The van der Waals surface area contributed by atoms with Crippen molar-refractivity contribution in [2.45, 2.75) is 13.1 Å². The minimum Gasteiger partial charge on any atom is -0.467 e. The number of amides is 1. The second kappa shape index (κ2) is 8.74. The Labute approximate surface area is 189 Å². The molecule has 2 aromatic carbocycles. The lowest BCUT2D eigenvalue weighted by molar-refractivity contribution is 0.0952. The maximum absolute atomic E-state index is 12.5. The van der Waals surface area contributed by atoms with Gasteiger partial charge < -0.3 is 9.73 Å². The number of sulfonamides is 1. The van der Waals surface area contributed by atoms with Gasteiger partial charge in [0.05, 0.1) is 36.2 Å². The van der Waals surface area contributed by atoms with E-state index in [4.69, 9.17) is 16.0 Å². The number of carbonyl (C=O) groups excluding carboxylic acids is 1. The van der Waals surface area contributed by atoms with Crippen LogP contribution in [0.1, 0.15) is 21.0 Å². The quantitative estimate of drug-likeness (QED) is 0.406. The molecule has 0 unspecified atom stereocenters. The average Bonchev–Trinajstić information content (AvgIpc) is 3.39. The van der Waals surface area contributed by atoms with E-state index in [1.807, 2.05) is 6.07 Å². The molecule has 4 aromatic rings. The van der Waals surface area contributed by atoms with Gasteiger partial charge in [-0.25, -0.2) is 8.42 Å². The van der Waals surface area contributed by atoms with Gasteiger partial charge in [0.2, 0.25) is 10.0 Å². The van der Waals surface area contributed by atoms with Gasteiger partial charge in [-0.05, 0) is 59.5 Å².